The first-order valence-corrected chi connectivity index (χ1v) is 9.39. The van der Waals surface area contributed by atoms with Crippen molar-refractivity contribution in [3.05, 3.63) is 94.8 Å². The second-order valence-corrected chi connectivity index (χ2v) is 6.67. The van der Waals surface area contributed by atoms with E-state index in [1.807, 2.05) is 54.7 Å². The Balaban J connectivity index is 1.41. The van der Waals surface area contributed by atoms with Crippen molar-refractivity contribution in [2.75, 3.05) is 6.61 Å². The minimum atomic E-state index is -0.603. The molecule has 1 amide bonds. The number of nitrogens with one attached hydrogen (secondary N) is 1. The molecule has 0 spiro atoms. The molecule has 0 aliphatic heterocycles. The van der Waals surface area contributed by atoms with Crippen LogP contribution in [0, 0.1) is 0 Å². The molecule has 3 rings (SSSR count). The Morgan fingerprint density at radius 2 is 1.86 bits per heavy atom. The molecule has 0 aliphatic rings. The van der Waals surface area contributed by atoms with Gasteiger partial charge in [-0.05, 0) is 23.3 Å². The lowest BCUT2D eigenvalue weighted by Gasteiger charge is -2.06. The van der Waals surface area contributed by atoms with E-state index in [2.05, 4.69) is 10.4 Å². The molecule has 3 aromatic rings. The van der Waals surface area contributed by atoms with Crippen molar-refractivity contribution < 1.29 is 14.3 Å². The van der Waals surface area contributed by atoms with Crippen LogP contribution in [0.1, 0.15) is 16.7 Å². The monoisotopic (exact) mass is 409 g/mol. The molecule has 0 saturated heterocycles. The third-order valence-electron chi connectivity index (χ3n) is 4.03. The normalized spacial score (nSPS) is 10.8. The van der Waals surface area contributed by atoms with Gasteiger partial charge < -0.3 is 10.1 Å². The standard InChI is InChI=1S/C22H20ClN3O3/c23-20-9-5-4-8-19(20)13-24-21(27)16-29-22(28)11-10-18-12-25-26(15-18)14-17-6-2-1-3-7-17/h1-12,15H,13-14,16H2,(H,24,27)/b11-10+. The predicted molar refractivity (Wildman–Crippen MR) is 111 cm³/mol. The van der Waals surface area contributed by atoms with Gasteiger partial charge in [-0.25, -0.2) is 4.79 Å². The lowest BCUT2D eigenvalue weighted by Crippen LogP contribution is -2.28. The van der Waals surface area contributed by atoms with Gasteiger partial charge in [0.05, 0.1) is 12.7 Å². The number of benzene rings is 2. The van der Waals surface area contributed by atoms with Crippen LogP contribution in [0.4, 0.5) is 0 Å². The maximum absolute atomic E-state index is 11.8. The van der Waals surface area contributed by atoms with Crippen LogP contribution in [0.15, 0.2) is 73.1 Å². The highest BCUT2D eigenvalue weighted by Gasteiger charge is 2.06. The van der Waals surface area contributed by atoms with Gasteiger partial charge in [0.15, 0.2) is 6.61 Å². The van der Waals surface area contributed by atoms with E-state index < -0.39 is 11.9 Å². The lowest BCUT2D eigenvalue weighted by atomic mass is 10.2. The van der Waals surface area contributed by atoms with Crippen molar-refractivity contribution in [1.29, 1.82) is 0 Å². The second-order valence-electron chi connectivity index (χ2n) is 6.27. The van der Waals surface area contributed by atoms with Gasteiger partial charge in [-0.2, -0.15) is 5.10 Å². The van der Waals surface area contributed by atoms with E-state index in [4.69, 9.17) is 16.3 Å². The molecule has 0 bridgehead atoms. The number of aromatic nitrogens is 2. The lowest BCUT2D eigenvalue weighted by molar-refractivity contribution is -0.143. The number of esters is 1. The first kappa shape index (κ1) is 20.4. The number of nitrogens with zero attached hydrogens (tertiary/aromatic N) is 2. The Morgan fingerprint density at radius 3 is 2.66 bits per heavy atom. The zero-order valence-electron chi connectivity index (χ0n) is 15.6. The highest BCUT2D eigenvalue weighted by molar-refractivity contribution is 6.31. The van der Waals surface area contributed by atoms with Gasteiger partial charge in [0.2, 0.25) is 0 Å². The summed E-state index contributed by atoms with van der Waals surface area (Å²) in [6, 6.07) is 17.2. The van der Waals surface area contributed by atoms with Crippen molar-refractivity contribution in [3.63, 3.8) is 0 Å². The van der Waals surface area contributed by atoms with Crippen molar-refractivity contribution in [1.82, 2.24) is 15.1 Å². The quantitative estimate of drug-likeness (QED) is 0.456. The number of ether oxygens (including phenoxy) is 1. The highest BCUT2D eigenvalue weighted by atomic mass is 35.5. The summed E-state index contributed by atoms with van der Waals surface area (Å²) in [6.07, 6.45) is 6.35. The molecule has 0 saturated carbocycles. The van der Waals surface area contributed by atoms with Crippen molar-refractivity contribution in [2.45, 2.75) is 13.1 Å². The molecule has 0 atom stereocenters. The molecule has 0 unspecified atom stereocenters. The van der Waals surface area contributed by atoms with Crippen LogP contribution in [0.3, 0.4) is 0 Å². The van der Waals surface area contributed by atoms with Gasteiger partial charge >= 0.3 is 5.97 Å². The molecule has 29 heavy (non-hydrogen) atoms. The fraction of sp³-hybridized carbons (Fsp3) is 0.136. The molecule has 0 radical (unpaired) electrons. The zero-order valence-corrected chi connectivity index (χ0v) is 16.4. The molecule has 0 fully saturated rings. The molecule has 2 aromatic carbocycles. The summed E-state index contributed by atoms with van der Waals surface area (Å²) in [7, 11) is 0. The molecule has 7 heteroatoms. The fourth-order valence-electron chi connectivity index (χ4n) is 2.56. The van der Waals surface area contributed by atoms with E-state index in [9.17, 15) is 9.59 Å². The van der Waals surface area contributed by atoms with Crippen LogP contribution in [-0.4, -0.2) is 28.3 Å². The second kappa shape index (κ2) is 10.2. The molecule has 0 aliphatic carbocycles. The largest absolute Gasteiger partial charge is 0.452 e. The SMILES string of the molecule is O=C(COC(=O)/C=C/c1cnn(Cc2ccccc2)c1)NCc1ccccc1Cl. The summed E-state index contributed by atoms with van der Waals surface area (Å²) >= 11 is 6.03. The predicted octanol–water partition coefficient (Wildman–Crippen LogP) is 3.46. The topological polar surface area (TPSA) is 73.2 Å². The minimum absolute atomic E-state index is 0.270. The zero-order chi connectivity index (χ0) is 20.5. The van der Waals surface area contributed by atoms with E-state index >= 15 is 0 Å². The van der Waals surface area contributed by atoms with Crippen LogP contribution in [0.25, 0.3) is 6.08 Å². The summed E-state index contributed by atoms with van der Waals surface area (Å²) in [5.41, 5.74) is 2.69. The van der Waals surface area contributed by atoms with Gasteiger partial charge in [0, 0.05) is 29.4 Å². The number of hydrogen-bond acceptors (Lipinski definition) is 4. The first-order chi connectivity index (χ1) is 14.1. The summed E-state index contributed by atoms with van der Waals surface area (Å²) in [4.78, 5) is 23.6. The van der Waals surface area contributed by atoms with Crippen LogP contribution in [0.5, 0.6) is 0 Å². The van der Waals surface area contributed by atoms with E-state index in [1.54, 1.807) is 23.0 Å². The summed E-state index contributed by atoms with van der Waals surface area (Å²) in [5.74, 6) is -1.00. The maximum Gasteiger partial charge on any atom is 0.331 e. The molecular formula is C22H20ClN3O3. The number of carbonyl (C=O) groups excluding carboxylic acids is 2. The minimum Gasteiger partial charge on any atom is -0.452 e. The fourth-order valence-corrected chi connectivity index (χ4v) is 2.76. The Hall–Kier alpha value is -3.38. The Morgan fingerprint density at radius 1 is 1.10 bits per heavy atom. The molecule has 6 nitrogen and oxygen atoms in total. The van der Waals surface area contributed by atoms with Crippen LogP contribution < -0.4 is 5.32 Å². The molecule has 148 valence electrons. The third kappa shape index (κ3) is 6.62. The number of rotatable bonds is 8. The summed E-state index contributed by atoms with van der Waals surface area (Å²) in [5, 5.41) is 7.49. The van der Waals surface area contributed by atoms with E-state index in [-0.39, 0.29) is 13.2 Å². The van der Waals surface area contributed by atoms with Crippen molar-refractivity contribution in [2.24, 2.45) is 0 Å². The Labute approximate surface area is 173 Å². The van der Waals surface area contributed by atoms with E-state index in [0.717, 1.165) is 16.7 Å². The van der Waals surface area contributed by atoms with Gasteiger partial charge in [-0.15, -0.1) is 0 Å². The Bertz CT molecular complexity index is 999. The number of halogens is 1. The van der Waals surface area contributed by atoms with Gasteiger partial charge in [-0.3, -0.25) is 9.48 Å². The molecule has 1 heterocycles. The molecular weight excluding hydrogens is 390 g/mol. The highest BCUT2D eigenvalue weighted by Crippen LogP contribution is 2.14. The summed E-state index contributed by atoms with van der Waals surface area (Å²) < 4.78 is 6.73. The van der Waals surface area contributed by atoms with Gasteiger partial charge in [-0.1, -0.05) is 60.1 Å². The average Bonchev–Trinajstić information content (AvgIpc) is 3.18. The Kier molecular flexibility index (Phi) is 7.19. The van der Waals surface area contributed by atoms with E-state index in [0.29, 0.717) is 11.6 Å². The average molecular weight is 410 g/mol. The molecule has 1 aromatic heterocycles. The summed E-state index contributed by atoms with van der Waals surface area (Å²) in [6.45, 7) is 0.554. The molecule has 1 N–H and O–H groups in total. The van der Waals surface area contributed by atoms with Gasteiger partial charge in [0.25, 0.3) is 5.91 Å². The van der Waals surface area contributed by atoms with E-state index in [1.165, 1.54) is 6.08 Å². The van der Waals surface area contributed by atoms with Gasteiger partial charge in [0.1, 0.15) is 0 Å². The third-order valence-corrected chi connectivity index (χ3v) is 4.40. The van der Waals surface area contributed by atoms with Crippen LogP contribution >= 0.6 is 11.6 Å². The smallest absolute Gasteiger partial charge is 0.331 e. The number of hydrogen-bond donors (Lipinski definition) is 1. The number of carbonyl (C=O) groups is 2. The van der Waals surface area contributed by atoms with Crippen LogP contribution in [-0.2, 0) is 27.4 Å². The van der Waals surface area contributed by atoms with Crippen molar-refractivity contribution in [3.8, 4) is 0 Å². The maximum atomic E-state index is 11.8. The van der Waals surface area contributed by atoms with Crippen LogP contribution in [0.2, 0.25) is 5.02 Å². The van der Waals surface area contributed by atoms with Crippen molar-refractivity contribution >= 4 is 29.6 Å². The number of amides is 1. The first-order valence-electron chi connectivity index (χ1n) is 9.01.